The van der Waals surface area contributed by atoms with E-state index in [1.165, 1.54) is 6.07 Å². The molecular formula is C20H20Cl2N4O3. The number of H-pyrrole nitrogens is 2. The van der Waals surface area contributed by atoms with E-state index in [0.717, 1.165) is 12.1 Å². The van der Waals surface area contributed by atoms with Crippen LogP contribution in [0.2, 0.25) is 10.0 Å². The van der Waals surface area contributed by atoms with Crippen molar-refractivity contribution in [3.05, 3.63) is 78.3 Å². The van der Waals surface area contributed by atoms with Gasteiger partial charge in [-0.2, -0.15) is 0 Å². The van der Waals surface area contributed by atoms with Crippen LogP contribution in [0.25, 0.3) is 11.0 Å². The average Bonchev–Trinajstić information content (AvgIpc) is 2.66. The van der Waals surface area contributed by atoms with Crippen molar-refractivity contribution < 1.29 is 4.79 Å². The van der Waals surface area contributed by atoms with Crippen molar-refractivity contribution in [3.63, 3.8) is 0 Å². The number of likely N-dealkylation sites (N-methyl/N-ethyl adjacent to an activating group) is 1. The van der Waals surface area contributed by atoms with Gasteiger partial charge in [-0.05, 0) is 48.5 Å². The number of halogens is 2. The monoisotopic (exact) mass is 434 g/mol. The van der Waals surface area contributed by atoms with Crippen LogP contribution in [0.3, 0.4) is 0 Å². The van der Waals surface area contributed by atoms with E-state index in [2.05, 4.69) is 20.2 Å². The maximum atomic E-state index is 12.4. The number of carbonyl (C=O) groups excluding carboxylic acids is 1. The first kappa shape index (κ1) is 21.1. The SMILES string of the molecule is CCN(CCNC(=O)c1ccc2[nH]c(=O)c(=O)[nH]c2c1)Cc1cc(Cl)cc(Cl)c1. The third-order valence-electron chi connectivity index (χ3n) is 4.47. The van der Waals surface area contributed by atoms with Crippen LogP contribution < -0.4 is 16.4 Å². The minimum absolute atomic E-state index is 0.263. The Hall–Kier alpha value is -2.61. The predicted molar refractivity (Wildman–Crippen MR) is 115 cm³/mol. The standard InChI is InChI=1S/C20H20Cl2N4O3/c1-2-26(11-12-7-14(21)10-15(22)8-12)6-5-23-18(27)13-3-4-16-17(9-13)25-20(29)19(28)24-16/h3-4,7-10H,2,5-6,11H2,1H3,(H,23,27)(H,24,28)(H,25,29). The van der Waals surface area contributed by atoms with E-state index >= 15 is 0 Å². The van der Waals surface area contributed by atoms with Crippen molar-refractivity contribution in [2.75, 3.05) is 19.6 Å². The highest BCUT2D eigenvalue weighted by atomic mass is 35.5. The average molecular weight is 435 g/mol. The van der Waals surface area contributed by atoms with Crippen LogP contribution in [0.1, 0.15) is 22.8 Å². The topological polar surface area (TPSA) is 98.1 Å². The number of carbonyl (C=O) groups is 1. The lowest BCUT2D eigenvalue weighted by molar-refractivity contribution is 0.0948. The molecule has 0 spiro atoms. The minimum Gasteiger partial charge on any atom is -0.351 e. The summed E-state index contributed by atoms with van der Waals surface area (Å²) in [5.41, 5.74) is 0.775. The molecule has 29 heavy (non-hydrogen) atoms. The van der Waals surface area contributed by atoms with Gasteiger partial charge in [0.2, 0.25) is 0 Å². The highest BCUT2D eigenvalue weighted by molar-refractivity contribution is 6.34. The Labute approximate surface area is 176 Å². The summed E-state index contributed by atoms with van der Waals surface area (Å²) < 4.78 is 0. The van der Waals surface area contributed by atoms with Crippen molar-refractivity contribution in [2.45, 2.75) is 13.5 Å². The van der Waals surface area contributed by atoms with E-state index in [0.29, 0.717) is 46.3 Å². The first-order valence-corrected chi connectivity index (χ1v) is 9.83. The molecule has 0 aliphatic heterocycles. The molecule has 0 radical (unpaired) electrons. The van der Waals surface area contributed by atoms with Gasteiger partial charge in [0, 0.05) is 35.2 Å². The molecule has 152 valence electrons. The molecule has 3 rings (SSSR count). The smallest absolute Gasteiger partial charge is 0.314 e. The van der Waals surface area contributed by atoms with Crippen molar-refractivity contribution in [1.29, 1.82) is 0 Å². The molecule has 7 nitrogen and oxygen atoms in total. The molecule has 0 saturated carbocycles. The molecule has 0 atom stereocenters. The van der Waals surface area contributed by atoms with Gasteiger partial charge in [0.15, 0.2) is 0 Å². The zero-order valence-electron chi connectivity index (χ0n) is 15.7. The van der Waals surface area contributed by atoms with Crippen LogP contribution in [0.4, 0.5) is 0 Å². The number of hydrogen-bond acceptors (Lipinski definition) is 4. The number of benzene rings is 2. The van der Waals surface area contributed by atoms with Crippen molar-refractivity contribution in [3.8, 4) is 0 Å². The van der Waals surface area contributed by atoms with Gasteiger partial charge in [0.1, 0.15) is 0 Å². The molecular weight excluding hydrogens is 415 g/mol. The zero-order chi connectivity index (χ0) is 21.0. The van der Waals surface area contributed by atoms with E-state index in [9.17, 15) is 14.4 Å². The fourth-order valence-electron chi connectivity index (χ4n) is 3.00. The number of rotatable bonds is 7. The highest BCUT2D eigenvalue weighted by Gasteiger charge is 2.10. The third-order valence-corrected chi connectivity index (χ3v) is 4.91. The molecule has 0 aliphatic carbocycles. The predicted octanol–water partition coefficient (Wildman–Crippen LogP) is 2.78. The van der Waals surface area contributed by atoms with Crippen molar-refractivity contribution >= 4 is 40.1 Å². The molecule has 1 aromatic heterocycles. The van der Waals surface area contributed by atoms with Gasteiger partial charge in [0.25, 0.3) is 5.91 Å². The fraction of sp³-hybridized carbons (Fsp3) is 0.250. The molecule has 2 aromatic carbocycles. The summed E-state index contributed by atoms with van der Waals surface area (Å²) in [5, 5.41) is 4.05. The Morgan fingerprint density at radius 2 is 1.66 bits per heavy atom. The molecule has 3 N–H and O–H groups in total. The summed E-state index contributed by atoms with van der Waals surface area (Å²) >= 11 is 12.1. The molecule has 0 saturated heterocycles. The van der Waals surface area contributed by atoms with Crippen LogP contribution >= 0.6 is 23.2 Å². The molecule has 9 heteroatoms. The summed E-state index contributed by atoms with van der Waals surface area (Å²) in [4.78, 5) is 42.3. The molecule has 0 unspecified atom stereocenters. The second kappa shape index (κ2) is 9.26. The molecule has 3 aromatic rings. The Morgan fingerprint density at radius 3 is 2.31 bits per heavy atom. The lowest BCUT2D eigenvalue weighted by Crippen LogP contribution is -2.34. The zero-order valence-corrected chi connectivity index (χ0v) is 17.2. The first-order chi connectivity index (χ1) is 13.9. The van der Waals surface area contributed by atoms with E-state index in [-0.39, 0.29) is 5.91 Å². The lowest BCUT2D eigenvalue weighted by atomic mass is 10.2. The Balaban J connectivity index is 1.60. The van der Waals surface area contributed by atoms with Crippen LogP contribution in [0.5, 0.6) is 0 Å². The number of hydrogen-bond donors (Lipinski definition) is 3. The molecule has 1 heterocycles. The number of nitrogens with zero attached hydrogens (tertiary/aromatic N) is 1. The number of amides is 1. The number of aromatic nitrogens is 2. The quantitative estimate of drug-likeness (QED) is 0.497. The maximum Gasteiger partial charge on any atom is 0.314 e. The minimum atomic E-state index is -0.755. The maximum absolute atomic E-state index is 12.4. The third kappa shape index (κ3) is 5.47. The summed E-state index contributed by atoms with van der Waals surface area (Å²) in [6.45, 7) is 4.58. The van der Waals surface area contributed by atoms with Gasteiger partial charge in [-0.15, -0.1) is 0 Å². The van der Waals surface area contributed by atoms with Crippen molar-refractivity contribution in [2.24, 2.45) is 0 Å². The normalized spacial score (nSPS) is 11.2. The van der Waals surface area contributed by atoms with Crippen LogP contribution in [-0.4, -0.2) is 40.4 Å². The Kier molecular flexibility index (Phi) is 6.74. The number of nitrogens with one attached hydrogen (secondary N) is 3. The first-order valence-electron chi connectivity index (χ1n) is 9.07. The van der Waals surface area contributed by atoms with E-state index in [1.807, 2.05) is 19.1 Å². The second-order valence-electron chi connectivity index (χ2n) is 6.57. The van der Waals surface area contributed by atoms with Gasteiger partial charge >= 0.3 is 11.1 Å². The molecule has 0 fully saturated rings. The number of aromatic amines is 2. The summed E-state index contributed by atoms with van der Waals surface area (Å²) in [6, 6.07) is 10.1. The second-order valence-corrected chi connectivity index (χ2v) is 7.44. The number of fused-ring (bicyclic) bond motifs is 1. The Morgan fingerprint density at radius 1 is 1.00 bits per heavy atom. The molecule has 0 aliphatic rings. The van der Waals surface area contributed by atoms with Crippen LogP contribution in [0, 0.1) is 0 Å². The van der Waals surface area contributed by atoms with Crippen molar-refractivity contribution in [1.82, 2.24) is 20.2 Å². The highest BCUT2D eigenvalue weighted by Crippen LogP contribution is 2.20. The molecule has 0 bridgehead atoms. The summed E-state index contributed by atoms with van der Waals surface area (Å²) in [6.07, 6.45) is 0. The van der Waals surface area contributed by atoms with E-state index in [4.69, 9.17) is 23.2 Å². The van der Waals surface area contributed by atoms with Gasteiger partial charge in [-0.3, -0.25) is 19.3 Å². The van der Waals surface area contributed by atoms with E-state index < -0.39 is 11.1 Å². The van der Waals surface area contributed by atoms with Gasteiger partial charge in [0.05, 0.1) is 11.0 Å². The lowest BCUT2D eigenvalue weighted by Gasteiger charge is -2.21. The summed E-state index contributed by atoms with van der Waals surface area (Å²) in [5.74, 6) is -0.263. The Bertz CT molecular complexity index is 1140. The van der Waals surface area contributed by atoms with Gasteiger partial charge in [-0.1, -0.05) is 30.1 Å². The van der Waals surface area contributed by atoms with Crippen LogP contribution in [-0.2, 0) is 6.54 Å². The van der Waals surface area contributed by atoms with E-state index in [1.54, 1.807) is 18.2 Å². The van der Waals surface area contributed by atoms with Crippen LogP contribution in [0.15, 0.2) is 46.0 Å². The fourth-order valence-corrected chi connectivity index (χ4v) is 3.57. The van der Waals surface area contributed by atoms with Gasteiger partial charge < -0.3 is 15.3 Å². The summed E-state index contributed by atoms with van der Waals surface area (Å²) in [7, 11) is 0. The largest absolute Gasteiger partial charge is 0.351 e. The van der Waals surface area contributed by atoms with Gasteiger partial charge in [-0.25, -0.2) is 0 Å². The molecule has 1 amide bonds.